The molecule has 0 amide bonds. The molecule has 4 radical (unpaired) electrons. The van der Waals surface area contributed by atoms with E-state index in [1.165, 1.54) is 6.42 Å². The summed E-state index contributed by atoms with van der Waals surface area (Å²) in [6.07, 6.45) is 1.25. The molecule has 0 aliphatic carbocycles. The van der Waals surface area contributed by atoms with Gasteiger partial charge in [-0.1, -0.05) is 34.1 Å². The van der Waals surface area contributed by atoms with Gasteiger partial charge in [0.25, 0.3) is 0 Å². The van der Waals surface area contributed by atoms with Crippen LogP contribution in [-0.2, 0) is 37.3 Å². The van der Waals surface area contributed by atoms with Gasteiger partial charge in [-0.15, -0.1) is 0 Å². The van der Waals surface area contributed by atoms with E-state index in [2.05, 4.69) is 13.8 Å². The molecular weight excluding hydrogens is 267 g/mol. The first kappa shape index (κ1) is 36.7. The second-order valence-corrected chi connectivity index (χ2v) is 2.25. The molecule has 0 fully saturated rings. The molecule has 0 saturated carbocycles. The maximum absolute atomic E-state index is 8.88. The van der Waals surface area contributed by atoms with Crippen LogP contribution in [0.5, 0.6) is 0 Å². The molecule has 3 N–H and O–H groups in total. The maximum Gasteiger partial charge on any atom is 0.466 e. The number of hydrogen-bond acceptors (Lipinski definition) is 1. The fraction of sp³-hybridized carbons (Fsp3) is 0.833. The second kappa shape index (κ2) is 29.2. The van der Waals surface area contributed by atoms with Crippen molar-refractivity contribution >= 4 is 16.2 Å². The van der Waals surface area contributed by atoms with Gasteiger partial charge >= 0.3 is 7.82 Å². The van der Waals surface area contributed by atoms with Gasteiger partial charge in [0, 0.05) is 41.1 Å². The van der Waals surface area contributed by atoms with Gasteiger partial charge in [0.1, 0.15) is 0 Å². The van der Waals surface area contributed by atoms with Crippen LogP contribution in [0.3, 0.4) is 0 Å². The van der Waals surface area contributed by atoms with Gasteiger partial charge in [-0.05, 0) is 0 Å². The van der Waals surface area contributed by atoms with E-state index in [1.807, 2.05) is 13.8 Å². The molecule has 4 nitrogen and oxygen atoms in total. The average molecular weight is 287 g/mol. The molecule has 0 aromatic carbocycles. The van der Waals surface area contributed by atoms with Crippen LogP contribution < -0.4 is 0 Å². The Morgan fingerprint density at radius 2 is 1.08 bits per heavy atom. The van der Waals surface area contributed by atoms with Crippen LogP contribution in [0.15, 0.2) is 0 Å². The van der Waals surface area contributed by atoms with E-state index in [0.717, 1.165) is 0 Å². The van der Waals surface area contributed by atoms with E-state index in [0.29, 0.717) is 0 Å². The molecule has 7 heteroatoms. The smallest absolute Gasteiger partial charge is 0.358 e. The standard InChI is InChI=1S/C3H8.C2H6.CH3.B.H3O4P.Y/c1-3-2;1-2;;;1-5(2,3)4;/h3H2,1-2H3;1-2H3;1H3;;(H3,1,2,3,4);/q;;-1;;;. The van der Waals surface area contributed by atoms with Crippen LogP contribution in [0, 0.1) is 7.43 Å². The molecule has 0 aliphatic rings. The third-order valence-corrected chi connectivity index (χ3v) is 0. The maximum atomic E-state index is 8.88. The Labute approximate surface area is 109 Å². The fourth-order valence-corrected chi connectivity index (χ4v) is 0. The van der Waals surface area contributed by atoms with Crippen LogP contribution in [-0.4, -0.2) is 23.1 Å². The summed E-state index contributed by atoms with van der Waals surface area (Å²) in [6, 6.07) is 0. The molecular formula is C6H20BO4PY-. The molecule has 0 saturated heterocycles. The minimum absolute atomic E-state index is 0. The SMILES string of the molecule is CC.CCC.O=P(O)(O)O.[B].[CH3-].[Y]. The molecule has 80 valence electrons. The Morgan fingerprint density at radius 3 is 1.08 bits per heavy atom. The van der Waals surface area contributed by atoms with Crippen LogP contribution in [0.4, 0.5) is 0 Å². The van der Waals surface area contributed by atoms with E-state index >= 15 is 0 Å². The minimum Gasteiger partial charge on any atom is -0.358 e. The fourth-order valence-electron chi connectivity index (χ4n) is 0. The zero-order valence-electron chi connectivity index (χ0n) is 9.06. The Bertz CT molecular complexity index is 80.4. The van der Waals surface area contributed by atoms with E-state index in [9.17, 15) is 0 Å². The van der Waals surface area contributed by atoms with Crippen molar-refractivity contribution in [2.75, 3.05) is 0 Å². The Kier molecular flexibility index (Phi) is 82.5. The largest absolute Gasteiger partial charge is 0.466 e. The van der Waals surface area contributed by atoms with Gasteiger partial charge in [-0.2, -0.15) is 0 Å². The van der Waals surface area contributed by atoms with Crippen LogP contribution in [0.25, 0.3) is 0 Å². The molecule has 0 atom stereocenters. The molecule has 0 aromatic heterocycles. The van der Waals surface area contributed by atoms with E-state index in [1.54, 1.807) is 0 Å². The summed E-state index contributed by atoms with van der Waals surface area (Å²) in [7, 11) is -4.64. The zero-order valence-corrected chi connectivity index (χ0v) is 12.8. The van der Waals surface area contributed by atoms with Crippen molar-refractivity contribution < 1.29 is 52.0 Å². The predicted molar refractivity (Wildman–Crippen MR) is 53.7 cm³/mol. The third kappa shape index (κ3) is 1030. The van der Waals surface area contributed by atoms with Crippen molar-refractivity contribution in [1.82, 2.24) is 0 Å². The van der Waals surface area contributed by atoms with Gasteiger partial charge in [-0.25, -0.2) is 4.57 Å². The summed E-state index contributed by atoms with van der Waals surface area (Å²) < 4.78 is 8.88. The number of hydrogen-bond donors (Lipinski definition) is 3. The van der Waals surface area contributed by atoms with E-state index in [-0.39, 0.29) is 48.5 Å². The Hall–Kier alpha value is 1.28. The summed E-state index contributed by atoms with van der Waals surface area (Å²) in [5.41, 5.74) is 0. The molecule has 13 heavy (non-hydrogen) atoms. The normalized spacial score (nSPS) is 6.38. The summed E-state index contributed by atoms with van der Waals surface area (Å²) >= 11 is 0. The molecule has 0 unspecified atom stereocenters. The summed E-state index contributed by atoms with van der Waals surface area (Å²) in [4.78, 5) is 21.6. The van der Waals surface area contributed by atoms with Crippen LogP contribution in [0.1, 0.15) is 34.1 Å². The van der Waals surface area contributed by atoms with Gasteiger partial charge in [0.15, 0.2) is 0 Å². The second-order valence-electron chi connectivity index (χ2n) is 1.22. The Morgan fingerprint density at radius 1 is 1.08 bits per heavy atom. The van der Waals surface area contributed by atoms with Crippen molar-refractivity contribution in [3.8, 4) is 0 Å². The summed E-state index contributed by atoms with van der Waals surface area (Å²) in [5.74, 6) is 0. The minimum atomic E-state index is -4.64. The topological polar surface area (TPSA) is 77.8 Å². The summed E-state index contributed by atoms with van der Waals surface area (Å²) in [6.45, 7) is 8.25. The Balaban J connectivity index is -0.0000000138. The predicted octanol–water partition coefficient (Wildman–Crippen LogP) is 1.58. The van der Waals surface area contributed by atoms with E-state index < -0.39 is 7.82 Å². The van der Waals surface area contributed by atoms with Gasteiger partial charge < -0.3 is 22.1 Å². The summed E-state index contributed by atoms with van der Waals surface area (Å²) in [5, 5.41) is 0. The molecule has 0 aromatic rings. The van der Waals surface area contributed by atoms with Crippen molar-refractivity contribution in [2.45, 2.75) is 34.1 Å². The van der Waals surface area contributed by atoms with Gasteiger partial charge in [0.2, 0.25) is 0 Å². The number of rotatable bonds is 0. The third-order valence-electron chi connectivity index (χ3n) is 0. The van der Waals surface area contributed by atoms with Crippen molar-refractivity contribution in [3.05, 3.63) is 7.43 Å². The van der Waals surface area contributed by atoms with Gasteiger partial charge in [0.05, 0.1) is 0 Å². The molecule has 0 aliphatic heterocycles. The monoisotopic (exact) mass is 287 g/mol. The average Bonchev–Trinajstić information content (AvgIpc) is 1.68. The molecule has 0 heterocycles. The first-order valence-corrected chi connectivity index (χ1v) is 4.76. The first-order chi connectivity index (χ1) is 4.41. The van der Waals surface area contributed by atoms with Crippen molar-refractivity contribution in [2.24, 2.45) is 0 Å². The van der Waals surface area contributed by atoms with Gasteiger partial charge in [-0.3, -0.25) is 0 Å². The number of phosphoric acid groups is 1. The van der Waals surface area contributed by atoms with E-state index in [4.69, 9.17) is 19.2 Å². The molecule has 0 spiro atoms. The quantitative estimate of drug-likeness (QED) is 0.359. The van der Waals surface area contributed by atoms with Crippen LogP contribution >= 0.6 is 7.82 Å². The molecule has 0 bridgehead atoms. The zero-order chi connectivity index (χ0) is 9.21. The first-order valence-electron chi connectivity index (χ1n) is 3.20. The van der Waals surface area contributed by atoms with Crippen molar-refractivity contribution in [3.63, 3.8) is 0 Å². The molecule has 0 rings (SSSR count). The van der Waals surface area contributed by atoms with Crippen LogP contribution in [0.2, 0.25) is 0 Å². The van der Waals surface area contributed by atoms with Crippen molar-refractivity contribution in [1.29, 1.82) is 0 Å².